The maximum Gasteiger partial charge on any atom is 0.101 e. The zero-order chi connectivity index (χ0) is 10.5. The molecule has 0 aromatic carbocycles. The van der Waals surface area contributed by atoms with E-state index in [-0.39, 0.29) is 0 Å². The van der Waals surface area contributed by atoms with Crippen molar-refractivity contribution >= 4 is 22.6 Å². The molecule has 0 amide bonds. The molecule has 0 atom stereocenters. The monoisotopic (exact) mass is 317 g/mol. The van der Waals surface area contributed by atoms with Crippen molar-refractivity contribution in [3.63, 3.8) is 0 Å². The highest BCUT2D eigenvalue weighted by molar-refractivity contribution is 14.1. The summed E-state index contributed by atoms with van der Waals surface area (Å²) in [7, 11) is 0. The third-order valence-corrected chi connectivity index (χ3v) is 3.27. The molecule has 0 aliphatic carbocycles. The molecule has 0 spiro atoms. The lowest BCUT2D eigenvalue weighted by Crippen LogP contribution is -2.27. The quantitative estimate of drug-likeness (QED) is 0.662. The lowest BCUT2D eigenvalue weighted by Gasteiger charge is -2.18. The van der Waals surface area contributed by atoms with Gasteiger partial charge in [0.1, 0.15) is 3.70 Å². The summed E-state index contributed by atoms with van der Waals surface area (Å²) in [6.45, 7) is 5.63. The first-order valence-electron chi connectivity index (χ1n) is 5.38. The Kier molecular flexibility index (Phi) is 4.34. The average Bonchev–Trinajstić information content (AvgIpc) is 2.50. The van der Waals surface area contributed by atoms with Crippen LogP contribution in [-0.2, 0) is 6.54 Å². The van der Waals surface area contributed by atoms with Gasteiger partial charge in [-0.15, -0.1) is 0 Å². The van der Waals surface area contributed by atoms with E-state index in [0.717, 1.165) is 29.9 Å². The Balaban J connectivity index is 1.92. The van der Waals surface area contributed by atoms with Gasteiger partial charge in [0.15, 0.2) is 0 Å². The number of nitrogens with one attached hydrogen (secondary N) is 1. The molecule has 1 aromatic heterocycles. The summed E-state index contributed by atoms with van der Waals surface area (Å²) in [5.41, 5.74) is 1.32. The maximum atomic E-state index is 4.31. The zero-order valence-corrected chi connectivity index (χ0v) is 10.9. The molecule has 0 bridgehead atoms. The van der Waals surface area contributed by atoms with Crippen molar-refractivity contribution in [2.75, 3.05) is 26.2 Å². The summed E-state index contributed by atoms with van der Waals surface area (Å²) in [5, 5.41) is 3.41. The third-order valence-electron chi connectivity index (χ3n) is 2.63. The second kappa shape index (κ2) is 5.77. The maximum absolute atomic E-state index is 4.31. The number of nitrogens with zero attached hydrogens (tertiary/aromatic N) is 2. The molecule has 1 N–H and O–H groups in total. The normalized spacial score (nSPS) is 18.7. The van der Waals surface area contributed by atoms with Crippen LogP contribution in [0, 0.1) is 3.70 Å². The van der Waals surface area contributed by atoms with E-state index in [0.29, 0.717) is 0 Å². The van der Waals surface area contributed by atoms with Gasteiger partial charge < -0.3 is 5.32 Å². The number of hydrogen-bond donors (Lipinski definition) is 1. The van der Waals surface area contributed by atoms with Crippen LogP contribution in [0.5, 0.6) is 0 Å². The van der Waals surface area contributed by atoms with Gasteiger partial charge in [-0.2, -0.15) is 0 Å². The predicted octanol–water partition coefficient (Wildman–Crippen LogP) is 1.48. The van der Waals surface area contributed by atoms with Gasteiger partial charge in [-0.25, -0.2) is 0 Å². The van der Waals surface area contributed by atoms with Crippen molar-refractivity contribution in [2.45, 2.75) is 13.0 Å². The Hall–Kier alpha value is -0.200. The Bertz CT molecular complexity index is 291. The minimum absolute atomic E-state index is 1.03. The summed E-state index contributed by atoms with van der Waals surface area (Å²) in [6, 6.07) is 4.25. The molecule has 2 rings (SSSR count). The van der Waals surface area contributed by atoms with E-state index >= 15 is 0 Å². The molecular formula is C11H16IN3. The smallest absolute Gasteiger partial charge is 0.101 e. The van der Waals surface area contributed by atoms with Crippen LogP contribution in [0.2, 0.25) is 0 Å². The Morgan fingerprint density at radius 2 is 2.27 bits per heavy atom. The number of rotatable bonds is 2. The molecule has 0 radical (unpaired) electrons. The standard InChI is InChI=1S/C11H16IN3/c12-11-3-2-10(8-14-11)9-15-6-1-4-13-5-7-15/h2-3,8,13H,1,4-7,9H2. The number of aromatic nitrogens is 1. The van der Waals surface area contributed by atoms with E-state index in [1.807, 2.05) is 6.20 Å². The molecule has 82 valence electrons. The van der Waals surface area contributed by atoms with Crippen LogP contribution in [0.15, 0.2) is 18.3 Å². The highest BCUT2D eigenvalue weighted by Gasteiger charge is 2.08. The minimum atomic E-state index is 1.03. The molecule has 2 heterocycles. The molecule has 15 heavy (non-hydrogen) atoms. The number of halogens is 1. The minimum Gasteiger partial charge on any atom is -0.315 e. The van der Waals surface area contributed by atoms with Gasteiger partial charge in [0, 0.05) is 25.8 Å². The van der Waals surface area contributed by atoms with E-state index in [1.165, 1.54) is 18.5 Å². The van der Waals surface area contributed by atoms with Crippen molar-refractivity contribution in [2.24, 2.45) is 0 Å². The van der Waals surface area contributed by atoms with Crippen molar-refractivity contribution in [3.05, 3.63) is 27.6 Å². The highest BCUT2D eigenvalue weighted by atomic mass is 127. The Morgan fingerprint density at radius 3 is 3.07 bits per heavy atom. The van der Waals surface area contributed by atoms with Crippen LogP contribution in [0.4, 0.5) is 0 Å². The van der Waals surface area contributed by atoms with Crippen LogP contribution in [0.3, 0.4) is 0 Å². The van der Waals surface area contributed by atoms with Gasteiger partial charge in [0.25, 0.3) is 0 Å². The molecule has 1 aliphatic heterocycles. The summed E-state index contributed by atoms with van der Waals surface area (Å²) < 4.78 is 1.06. The lowest BCUT2D eigenvalue weighted by molar-refractivity contribution is 0.284. The first kappa shape index (κ1) is 11.3. The van der Waals surface area contributed by atoms with Crippen molar-refractivity contribution in [3.8, 4) is 0 Å². The molecule has 1 aromatic rings. The molecule has 1 aliphatic rings. The van der Waals surface area contributed by atoms with E-state index in [4.69, 9.17) is 0 Å². The van der Waals surface area contributed by atoms with E-state index in [2.05, 4.69) is 49.9 Å². The number of pyridine rings is 1. The molecule has 1 fully saturated rings. The van der Waals surface area contributed by atoms with Crippen molar-refractivity contribution < 1.29 is 0 Å². The van der Waals surface area contributed by atoms with Gasteiger partial charge >= 0.3 is 0 Å². The van der Waals surface area contributed by atoms with Gasteiger partial charge in [-0.3, -0.25) is 9.88 Å². The lowest BCUT2D eigenvalue weighted by atomic mass is 10.2. The molecular weight excluding hydrogens is 301 g/mol. The van der Waals surface area contributed by atoms with E-state index in [1.54, 1.807) is 0 Å². The first-order valence-corrected chi connectivity index (χ1v) is 6.46. The fraction of sp³-hybridized carbons (Fsp3) is 0.545. The van der Waals surface area contributed by atoms with Crippen LogP contribution in [-0.4, -0.2) is 36.1 Å². The van der Waals surface area contributed by atoms with E-state index in [9.17, 15) is 0 Å². The van der Waals surface area contributed by atoms with Crippen molar-refractivity contribution in [1.82, 2.24) is 15.2 Å². The van der Waals surface area contributed by atoms with Crippen molar-refractivity contribution in [1.29, 1.82) is 0 Å². The summed E-state index contributed by atoms with van der Waals surface area (Å²) >= 11 is 2.24. The van der Waals surface area contributed by atoms with Gasteiger partial charge in [0.05, 0.1) is 0 Å². The van der Waals surface area contributed by atoms with Crippen LogP contribution in [0.25, 0.3) is 0 Å². The first-order chi connectivity index (χ1) is 7.34. The second-order valence-corrected chi connectivity index (χ2v) is 4.97. The molecule has 0 unspecified atom stereocenters. The third kappa shape index (κ3) is 3.70. The predicted molar refractivity (Wildman–Crippen MR) is 69.7 cm³/mol. The van der Waals surface area contributed by atoms with Crippen LogP contribution >= 0.6 is 22.6 Å². The summed E-state index contributed by atoms with van der Waals surface area (Å²) in [6.07, 6.45) is 3.23. The van der Waals surface area contributed by atoms with Gasteiger partial charge in [0.2, 0.25) is 0 Å². The van der Waals surface area contributed by atoms with Gasteiger partial charge in [-0.1, -0.05) is 6.07 Å². The Labute approximate surface area is 104 Å². The molecule has 4 heteroatoms. The van der Waals surface area contributed by atoms with E-state index < -0.39 is 0 Å². The Morgan fingerprint density at radius 1 is 1.33 bits per heavy atom. The molecule has 1 saturated heterocycles. The fourth-order valence-electron chi connectivity index (χ4n) is 1.82. The second-order valence-electron chi connectivity index (χ2n) is 3.87. The molecule has 3 nitrogen and oxygen atoms in total. The fourth-order valence-corrected chi connectivity index (χ4v) is 2.14. The topological polar surface area (TPSA) is 28.2 Å². The largest absolute Gasteiger partial charge is 0.315 e. The van der Waals surface area contributed by atoms with Crippen LogP contribution < -0.4 is 5.32 Å². The summed E-state index contributed by atoms with van der Waals surface area (Å²) in [4.78, 5) is 6.80. The van der Waals surface area contributed by atoms with Crippen LogP contribution in [0.1, 0.15) is 12.0 Å². The number of hydrogen-bond acceptors (Lipinski definition) is 3. The van der Waals surface area contributed by atoms with Gasteiger partial charge in [-0.05, 0) is 53.7 Å². The molecule has 0 saturated carbocycles. The highest BCUT2D eigenvalue weighted by Crippen LogP contribution is 2.07. The zero-order valence-electron chi connectivity index (χ0n) is 8.75. The average molecular weight is 317 g/mol. The summed E-state index contributed by atoms with van der Waals surface area (Å²) in [5.74, 6) is 0. The SMILES string of the molecule is Ic1ccc(CN2CCCNCC2)cn1.